The summed E-state index contributed by atoms with van der Waals surface area (Å²) in [5.74, 6) is 1.10. The fraction of sp³-hybridized carbons (Fsp3) is 0.429. The van der Waals surface area contributed by atoms with Crippen LogP contribution in [-0.2, 0) is 21.8 Å². The summed E-state index contributed by atoms with van der Waals surface area (Å²) in [6.07, 6.45) is 0.758. The van der Waals surface area contributed by atoms with E-state index in [0.717, 1.165) is 26.1 Å². The summed E-state index contributed by atoms with van der Waals surface area (Å²) in [4.78, 5) is 12.7. The zero-order chi connectivity index (χ0) is 17.6. The number of carbonyl (C=O) groups is 1. The van der Waals surface area contributed by atoms with Gasteiger partial charge in [-0.1, -0.05) is 4.36 Å². The summed E-state index contributed by atoms with van der Waals surface area (Å²) in [6, 6.07) is 6.28. The number of tetrazole rings is 1. The SMILES string of the molecule is O=C(N=S(=O)=O)Oc1ccc(-c2nnn(CC3CCOCC3)n2)cc1. The Hall–Kier alpha value is -2.66. The van der Waals surface area contributed by atoms with Crippen molar-refractivity contribution < 1.29 is 22.7 Å². The van der Waals surface area contributed by atoms with Crippen LogP contribution in [0.15, 0.2) is 28.6 Å². The molecule has 1 aliphatic heterocycles. The third kappa shape index (κ3) is 4.90. The van der Waals surface area contributed by atoms with Crippen molar-refractivity contribution in [1.82, 2.24) is 20.2 Å². The van der Waals surface area contributed by atoms with E-state index in [1.54, 1.807) is 16.9 Å². The zero-order valence-electron chi connectivity index (χ0n) is 13.1. The first-order valence-electron chi connectivity index (χ1n) is 7.59. The zero-order valence-corrected chi connectivity index (χ0v) is 13.9. The number of aromatic nitrogens is 4. The highest BCUT2D eigenvalue weighted by Crippen LogP contribution is 2.20. The number of ether oxygens (including phenoxy) is 2. The molecule has 0 radical (unpaired) electrons. The number of hydrogen-bond acceptors (Lipinski definition) is 8. The standard InChI is InChI=1S/C14H15N5O5S/c20-14(17-25(21)22)24-12-3-1-11(2-4-12)13-15-18-19(16-13)9-10-5-7-23-8-6-10/h1-4,10H,5-9H2. The fourth-order valence-corrected chi connectivity index (χ4v) is 2.61. The molecule has 1 aliphatic rings. The Morgan fingerprint density at radius 2 is 2.00 bits per heavy atom. The van der Waals surface area contributed by atoms with Crippen molar-refractivity contribution >= 4 is 16.6 Å². The summed E-state index contributed by atoms with van der Waals surface area (Å²) in [7, 11) is -2.84. The monoisotopic (exact) mass is 365 g/mol. The number of rotatable bonds is 4. The van der Waals surface area contributed by atoms with Crippen LogP contribution in [0.1, 0.15) is 12.8 Å². The van der Waals surface area contributed by atoms with Crippen LogP contribution in [0.25, 0.3) is 11.4 Å². The molecule has 0 atom stereocenters. The number of nitrogens with zero attached hydrogens (tertiary/aromatic N) is 5. The molecule has 0 aliphatic carbocycles. The molecule has 2 heterocycles. The maximum Gasteiger partial charge on any atom is 0.454 e. The molecular weight excluding hydrogens is 350 g/mol. The summed E-state index contributed by atoms with van der Waals surface area (Å²) in [5, 5.41) is 12.4. The molecule has 2 aromatic rings. The third-order valence-electron chi connectivity index (χ3n) is 3.68. The lowest BCUT2D eigenvalue weighted by Gasteiger charge is -2.20. The van der Waals surface area contributed by atoms with E-state index in [1.807, 2.05) is 0 Å². The lowest BCUT2D eigenvalue weighted by molar-refractivity contribution is 0.0586. The summed E-state index contributed by atoms with van der Waals surface area (Å²) in [5.41, 5.74) is 0.697. The minimum absolute atomic E-state index is 0.164. The van der Waals surface area contributed by atoms with Crippen molar-refractivity contribution in [3.63, 3.8) is 0 Å². The average molecular weight is 365 g/mol. The first-order valence-corrected chi connectivity index (χ1v) is 8.62. The Kier molecular flexibility index (Phi) is 5.46. The number of amides is 1. The van der Waals surface area contributed by atoms with Gasteiger partial charge in [0.15, 0.2) is 0 Å². The molecule has 10 nitrogen and oxygen atoms in total. The third-order valence-corrected chi connectivity index (χ3v) is 3.98. The van der Waals surface area contributed by atoms with Gasteiger partial charge in [-0.3, -0.25) is 0 Å². The van der Waals surface area contributed by atoms with Gasteiger partial charge in [-0.25, -0.2) is 4.79 Å². The molecule has 1 aromatic carbocycles. The highest BCUT2D eigenvalue weighted by molar-refractivity contribution is 7.62. The van der Waals surface area contributed by atoms with E-state index in [1.165, 1.54) is 12.1 Å². The Labute approximate surface area is 144 Å². The maximum atomic E-state index is 11.1. The van der Waals surface area contributed by atoms with Gasteiger partial charge in [0.05, 0.1) is 6.54 Å². The van der Waals surface area contributed by atoms with E-state index in [0.29, 0.717) is 23.9 Å². The van der Waals surface area contributed by atoms with E-state index in [4.69, 9.17) is 9.47 Å². The summed E-state index contributed by atoms with van der Waals surface area (Å²) >= 11 is 0. The molecule has 0 spiro atoms. The van der Waals surface area contributed by atoms with Crippen LogP contribution in [0.3, 0.4) is 0 Å². The normalized spacial score (nSPS) is 14.9. The van der Waals surface area contributed by atoms with Crippen molar-refractivity contribution in [2.45, 2.75) is 19.4 Å². The first kappa shape index (κ1) is 17.2. The van der Waals surface area contributed by atoms with Crippen LogP contribution < -0.4 is 4.74 Å². The summed E-state index contributed by atoms with van der Waals surface area (Å²) < 4.78 is 33.4. The molecule has 1 aromatic heterocycles. The molecule has 1 saturated heterocycles. The van der Waals surface area contributed by atoms with Gasteiger partial charge in [0.2, 0.25) is 5.82 Å². The van der Waals surface area contributed by atoms with E-state index in [-0.39, 0.29) is 5.75 Å². The summed E-state index contributed by atoms with van der Waals surface area (Å²) in [6.45, 7) is 2.22. The van der Waals surface area contributed by atoms with Gasteiger partial charge in [0.1, 0.15) is 5.75 Å². The van der Waals surface area contributed by atoms with Crippen LogP contribution in [0, 0.1) is 5.92 Å². The number of carbonyl (C=O) groups excluding carboxylic acids is 1. The van der Waals surface area contributed by atoms with Gasteiger partial charge in [-0.05, 0) is 48.2 Å². The van der Waals surface area contributed by atoms with E-state index >= 15 is 0 Å². The van der Waals surface area contributed by atoms with Gasteiger partial charge in [-0.15, -0.1) is 10.2 Å². The second-order valence-electron chi connectivity index (χ2n) is 5.42. The van der Waals surface area contributed by atoms with Crippen LogP contribution >= 0.6 is 0 Å². The Morgan fingerprint density at radius 3 is 2.68 bits per heavy atom. The smallest absolute Gasteiger partial charge is 0.408 e. The molecule has 3 rings (SSSR count). The molecule has 1 fully saturated rings. The van der Waals surface area contributed by atoms with Gasteiger partial charge in [-0.2, -0.15) is 13.2 Å². The van der Waals surface area contributed by atoms with Gasteiger partial charge >= 0.3 is 16.6 Å². The molecular formula is C14H15N5O5S. The average Bonchev–Trinajstić information content (AvgIpc) is 3.04. The van der Waals surface area contributed by atoms with E-state index in [9.17, 15) is 13.2 Å². The second kappa shape index (κ2) is 7.94. The fourth-order valence-electron chi connectivity index (χ4n) is 2.45. The van der Waals surface area contributed by atoms with Crippen molar-refractivity contribution in [2.75, 3.05) is 13.2 Å². The van der Waals surface area contributed by atoms with Crippen LogP contribution in [0.2, 0.25) is 0 Å². The van der Waals surface area contributed by atoms with E-state index < -0.39 is 16.6 Å². The van der Waals surface area contributed by atoms with Crippen molar-refractivity contribution in [2.24, 2.45) is 10.3 Å². The van der Waals surface area contributed by atoms with Crippen molar-refractivity contribution in [3.8, 4) is 17.1 Å². The molecule has 0 saturated carbocycles. The molecule has 132 valence electrons. The number of hydrogen-bond donors (Lipinski definition) is 0. The lowest BCUT2D eigenvalue weighted by Crippen LogP contribution is -2.21. The first-order chi connectivity index (χ1) is 12.1. The molecule has 0 N–H and O–H groups in total. The molecule has 11 heteroatoms. The lowest BCUT2D eigenvalue weighted by atomic mass is 10.0. The second-order valence-corrected chi connectivity index (χ2v) is 6.04. The van der Waals surface area contributed by atoms with Crippen molar-refractivity contribution in [3.05, 3.63) is 24.3 Å². The minimum Gasteiger partial charge on any atom is -0.408 e. The van der Waals surface area contributed by atoms with E-state index in [2.05, 4.69) is 19.8 Å². The van der Waals surface area contributed by atoms with Crippen LogP contribution in [-0.4, -0.2) is 47.9 Å². The number of benzene rings is 1. The van der Waals surface area contributed by atoms with Crippen LogP contribution in [0.4, 0.5) is 4.79 Å². The molecule has 1 amide bonds. The maximum absolute atomic E-state index is 11.1. The van der Waals surface area contributed by atoms with Crippen molar-refractivity contribution in [1.29, 1.82) is 0 Å². The molecule has 0 bridgehead atoms. The van der Waals surface area contributed by atoms with Gasteiger partial charge in [0.25, 0.3) is 0 Å². The predicted molar refractivity (Wildman–Crippen MR) is 84.2 cm³/mol. The topological polar surface area (TPSA) is 126 Å². The predicted octanol–water partition coefficient (Wildman–Crippen LogP) is 1.33. The minimum atomic E-state index is -2.84. The Morgan fingerprint density at radius 1 is 1.28 bits per heavy atom. The van der Waals surface area contributed by atoms with Gasteiger partial charge in [0, 0.05) is 18.8 Å². The largest absolute Gasteiger partial charge is 0.454 e. The highest BCUT2D eigenvalue weighted by Gasteiger charge is 2.16. The Bertz CT molecular complexity index is 863. The van der Waals surface area contributed by atoms with Crippen LogP contribution in [0.5, 0.6) is 5.75 Å². The highest BCUT2D eigenvalue weighted by atomic mass is 32.2. The molecule has 25 heavy (non-hydrogen) atoms. The Balaban J connectivity index is 1.64. The van der Waals surface area contributed by atoms with Gasteiger partial charge < -0.3 is 9.47 Å². The quantitative estimate of drug-likeness (QED) is 0.794. The molecule has 0 unspecified atom stereocenters.